The molecule has 7 nitrogen and oxygen atoms in total. The third kappa shape index (κ3) is 2.28. The quantitative estimate of drug-likeness (QED) is 0.618. The van der Waals surface area contributed by atoms with Gasteiger partial charge in [-0.3, -0.25) is 9.89 Å². The third-order valence-corrected chi connectivity index (χ3v) is 4.90. The second-order valence-corrected chi connectivity index (χ2v) is 6.90. The van der Waals surface area contributed by atoms with E-state index in [0.29, 0.717) is 11.6 Å². The summed E-state index contributed by atoms with van der Waals surface area (Å²) < 4.78 is 3.27. The molecule has 1 N–H and O–H groups in total. The Morgan fingerprint density at radius 3 is 2.88 bits per heavy atom. The number of pyridine rings is 1. The second kappa shape index (κ2) is 5.39. The molecule has 0 radical (unpaired) electrons. The second-order valence-electron chi connectivity index (χ2n) is 6.90. The molecule has 0 spiro atoms. The smallest absolute Gasteiger partial charge is 0.276 e. The number of nitrogens with zero attached hydrogens (tertiary/aromatic N) is 5. The van der Waals surface area contributed by atoms with E-state index in [4.69, 9.17) is 4.98 Å². The van der Waals surface area contributed by atoms with Gasteiger partial charge >= 0.3 is 0 Å². The normalized spacial score (nSPS) is 14.2. The van der Waals surface area contributed by atoms with Crippen LogP contribution in [-0.4, -0.2) is 29.4 Å². The van der Waals surface area contributed by atoms with Gasteiger partial charge in [0.05, 0.1) is 6.20 Å². The highest BCUT2D eigenvalue weighted by Crippen LogP contribution is 2.39. The number of rotatable bonds is 3. The molecule has 0 aromatic carbocycles. The average Bonchev–Trinajstić information content (AvgIpc) is 3.17. The highest BCUT2D eigenvalue weighted by atomic mass is 16.1. The molecule has 130 valence electrons. The van der Waals surface area contributed by atoms with Crippen LogP contribution in [-0.2, 0) is 0 Å². The number of aromatic amines is 1. The first-order valence-electron chi connectivity index (χ1n) is 8.70. The Bertz CT molecular complexity index is 1190. The Balaban J connectivity index is 1.63. The van der Waals surface area contributed by atoms with Crippen LogP contribution in [0.2, 0.25) is 0 Å². The van der Waals surface area contributed by atoms with Crippen molar-refractivity contribution in [2.24, 2.45) is 0 Å². The van der Waals surface area contributed by atoms with E-state index in [1.54, 1.807) is 17.1 Å². The summed E-state index contributed by atoms with van der Waals surface area (Å²) in [5, 5.41) is 7.47. The number of nitrogens with one attached hydrogen (secondary N) is 1. The molecule has 0 unspecified atom stereocenters. The van der Waals surface area contributed by atoms with Crippen molar-refractivity contribution in [2.45, 2.75) is 32.6 Å². The molecule has 7 heteroatoms. The summed E-state index contributed by atoms with van der Waals surface area (Å²) >= 11 is 0. The Labute approximate surface area is 149 Å². The van der Waals surface area contributed by atoms with E-state index < -0.39 is 0 Å². The van der Waals surface area contributed by atoms with Crippen molar-refractivity contribution in [3.8, 4) is 16.9 Å². The fourth-order valence-corrected chi connectivity index (χ4v) is 3.42. The Hall–Kier alpha value is -3.22. The van der Waals surface area contributed by atoms with E-state index in [2.05, 4.69) is 15.2 Å². The van der Waals surface area contributed by atoms with Crippen LogP contribution in [0.1, 0.15) is 35.6 Å². The Morgan fingerprint density at radius 2 is 2.12 bits per heavy atom. The highest BCUT2D eigenvalue weighted by molar-refractivity contribution is 5.76. The van der Waals surface area contributed by atoms with Crippen LogP contribution < -0.4 is 5.56 Å². The molecule has 1 saturated carbocycles. The first kappa shape index (κ1) is 15.1. The third-order valence-electron chi connectivity index (χ3n) is 4.90. The van der Waals surface area contributed by atoms with Crippen molar-refractivity contribution in [1.29, 1.82) is 0 Å². The molecule has 1 aliphatic rings. The van der Waals surface area contributed by atoms with Gasteiger partial charge in [-0.25, -0.2) is 19.2 Å². The zero-order chi connectivity index (χ0) is 17.8. The number of aryl methyl sites for hydroxylation is 2. The monoisotopic (exact) mass is 346 g/mol. The topological polar surface area (TPSA) is 80.9 Å². The minimum atomic E-state index is 0.00833. The summed E-state index contributed by atoms with van der Waals surface area (Å²) in [4.78, 5) is 21.9. The Morgan fingerprint density at radius 1 is 1.27 bits per heavy atom. The number of hydrogen-bond acceptors (Lipinski definition) is 4. The van der Waals surface area contributed by atoms with Crippen LogP contribution in [0.3, 0.4) is 0 Å². The van der Waals surface area contributed by atoms with Crippen LogP contribution >= 0.6 is 0 Å². The lowest BCUT2D eigenvalue weighted by atomic mass is 10.1. The Kier molecular flexibility index (Phi) is 3.12. The van der Waals surface area contributed by atoms with E-state index in [1.807, 2.05) is 38.4 Å². The minimum absolute atomic E-state index is 0.00833. The van der Waals surface area contributed by atoms with Crippen molar-refractivity contribution >= 4 is 5.65 Å². The van der Waals surface area contributed by atoms with Gasteiger partial charge in [-0.15, -0.1) is 0 Å². The SMILES string of the molecule is Cc1ccnc(-n2cc(-c3c[nH]n4c(=O)c(C5CC5)c(C)nc34)cn2)c1. The number of fused-ring (bicyclic) bond motifs is 1. The van der Waals surface area contributed by atoms with E-state index >= 15 is 0 Å². The lowest BCUT2D eigenvalue weighted by Gasteiger charge is -2.04. The molecule has 0 amide bonds. The molecular formula is C19H18N6O. The molecule has 4 heterocycles. The maximum atomic E-state index is 12.8. The molecule has 26 heavy (non-hydrogen) atoms. The first-order chi connectivity index (χ1) is 12.6. The molecule has 0 saturated heterocycles. The van der Waals surface area contributed by atoms with E-state index in [0.717, 1.165) is 46.6 Å². The van der Waals surface area contributed by atoms with E-state index in [-0.39, 0.29) is 5.56 Å². The van der Waals surface area contributed by atoms with Crippen molar-refractivity contribution in [3.63, 3.8) is 0 Å². The lowest BCUT2D eigenvalue weighted by molar-refractivity contribution is 0.845. The van der Waals surface area contributed by atoms with Crippen molar-refractivity contribution in [1.82, 2.24) is 29.4 Å². The van der Waals surface area contributed by atoms with Gasteiger partial charge in [0.25, 0.3) is 5.56 Å². The van der Waals surface area contributed by atoms with E-state index in [1.165, 1.54) is 4.52 Å². The molecule has 4 aromatic rings. The first-order valence-corrected chi connectivity index (χ1v) is 8.70. The van der Waals surface area contributed by atoms with Gasteiger partial charge in [-0.05, 0) is 50.3 Å². The number of H-pyrrole nitrogens is 1. The molecule has 5 rings (SSSR count). The van der Waals surface area contributed by atoms with Crippen LogP contribution in [0.5, 0.6) is 0 Å². The van der Waals surface area contributed by atoms with Gasteiger partial charge in [-0.2, -0.15) is 5.10 Å². The predicted molar refractivity (Wildman–Crippen MR) is 97.6 cm³/mol. The molecule has 0 atom stereocenters. The lowest BCUT2D eigenvalue weighted by Crippen LogP contribution is -2.21. The van der Waals surface area contributed by atoms with Crippen molar-refractivity contribution < 1.29 is 0 Å². The molecule has 1 aliphatic carbocycles. The van der Waals surface area contributed by atoms with Gasteiger partial charge in [0.1, 0.15) is 0 Å². The maximum Gasteiger partial charge on any atom is 0.276 e. The fourth-order valence-electron chi connectivity index (χ4n) is 3.42. The standard InChI is InChI=1S/C19H18N6O/c1-11-5-6-20-16(7-11)24-10-14(8-21-24)15-9-22-25-18(15)23-12(2)17(19(25)26)13-3-4-13/h5-10,13,22H,3-4H2,1-2H3. The summed E-state index contributed by atoms with van der Waals surface area (Å²) in [6, 6.07) is 3.92. The van der Waals surface area contributed by atoms with Gasteiger partial charge in [0, 0.05) is 41.0 Å². The minimum Gasteiger partial charge on any atom is -0.296 e. The number of hydrogen-bond donors (Lipinski definition) is 1. The van der Waals surface area contributed by atoms with Gasteiger partial charge in [0.15, 0.2) is 11.5 Å². The fraction of sp³-hybridized carbons (Fsp3) is 0.263. The largest absolute Gasteiger partial charge is 0.296 e. The van der Waals surface area contributed by atoms with Crippen LogP contribution in [0.25, 0.3) is 22.6 Å². The summed E-state index contributed by atoms with van der Waals surface area (Å²) in [5.41, 5.74) is 5.17. The average molecular weight is 346 g/mol. The van der Waals surface area contributed by atoms with Crippen molar-refractivity contribution in [2.75, 3.05) is 0 Å². The summed E-state index contributed by atoms with van der Waals surface area (Å²) in [6.45, 7) is 3.94. The molecule has 0 bridgehead atoms. The van der Waals surface area contributed by atoms with Crippen molar-refractivity contribution in [3.05, 3.63) is 64.1 Å². The highest BCUT2D eigenvalue weighted by Gasteiger charge is 2.30. The number of aromatic nitrogens is 6. The van der Waals surface area contributed by atoms with Crippen LogP contribution in [0.15, 0.2) is 41.7 Å². The summed E-state index contributed by atoms with van der Waals surface area (Å²) in [6.07, 6.45) is 9.40. The summed E-state index contributed by atoms with van der Waals surface area (Å²) in [5.74, 6) is 1.13. The molecule has 1 fully saturated rings. The molecular weight excluding hydrogens is 328 g/mol. The maximum absolute atomic E-state index is 12.8. The van der Waals surface area contributed by atoms with Gasteiger partial charge < -0.3 is 0 Å². The molecule has 4 aromatic heterocycles. The zero-order valence-corrected chi connectivity index (χ0v) is 14.6. The predicted octanol–water partition coefficient (Wildman–Crippen LogP) is 2.76. The zero-order valence-electron chi connectivity index (χ0n) is 14.6. The molecule has 0 aliphatic heterocycles. The van der Waals surface area contributed by atoms with Gasteiger partial charge in [-0.1, -0.05) is 0 Å². The van der Waals surface area contributed by atoms with Crippen LogP contribution in [0.4, 0.5) is 0 Å². The summed E-state index contributed by atoms with van der Waals surface area (Å²) in [7, 11) is 0. The van der Waals surface area contributed by atoms with Crippen LogP contribution in [0, 0.1) is 13.8 Å². The van der Waals surface area contributed by atoms with Gasteiger partial charge in [0.2, 0.25) is 0 Å². The van der Waals surface area contributed by atoms with E-state index in [9.17, 15) is 4.79 Å².